The Labute approximate surface area is 108 Å². The fourth-order valence-corrected chi connectivity index (χ4v) is 2.28. The topological polar surface area (TPSA) is 66.8 Å². The molecule has 0 radical (unpaired) electrons. The predicted octanol–water partition coefficient (Wildman–Crippen LogP) is 2.65. The minimum Gasteiger partial charge on any atom is -0.505 e. The normalized spacial score (nSPS) is 16.2. The number of ether oxygens (including phenoxy) is 1. The first-order valence-corrected chi connectivity index (χ1v) is 5.92. The van der Waals surface area contributed by atoms with Crippen LogP contribution in [0.1, 0.15) is 30.7 Å². The molecule has 1 fully saturated rings. The first kappa shape index (κ1) is 13.6. The number of halogens is 2. The Kier molecular flexibility index (Phi) is 3.59. The molecular weight excluding hydrogens is 258 g/mol. The number of rotatable bonds is 5. The van der Waals surface area contributed by atoms with Gasteiger partial charge in [-0.2, -0.15) is 0 Å². The van der Waals surface area contributed by atoms with Gasteiger partial charge >= 0.3 is 5.97 Å². The number of hydrogen-bond acceptors (Lipinski definition) is 3. The summed E-state index contributed by atoms with van der Waals surface area (Å²) in [5.74, 6) is -5.02. The van der Waals surface area contributed by atoms with E-state index in [4.69, 9.17) is 9.84 Å². The van der Waals surface area contributed by atoms with Crippen molar-refractivity contribution in [3.63, 3.8) is 0 Å². The van der Waals surface area contributed by atoms with Crippen LogP contribution in [0.2, 0.25) is 0 Å². The Bertz CT molecular complexity index is 512. The van der Waals surface area contributed by atoms with Crippen molar-refractivity contribution in [1.82, 2.24) is 0 Å². The molecule has 1 saturated carbocycles. The first-order chi connectivity index (χ1) is 8.95. The monoisotopic (exact) mass is 272 g/mol. The van der Waals surface area contributed by atoms with Gasteiger partial charge in [-0.3, -0.25) is 4.79 Å². The average Bonchev–Trinajstić information content (AvgIpc) is 3.16. The summed E-state index contributed by atoms with van der Waals surface area (Å²) in [6.07, 6.45) is 1.09. The Morgan fingerprint density at radius 2 is 2.11 bits per heavy atom. The third kappa shape index (κ3) is 2.62. The molecule has 0 amide bonds. The van der Waals surface area contributed by atoms with E-state index in [0.29, 0.717) is 0 Å². The fourth-order valence-electron chi connectivity index (χ4n) is 2.28. The number of benzene rings is 1. The number of aliphatic carboxylic acids is 1. The molecule has 0 aromatic heterocycles. The maximum atomic E-state index is 14.1. The van der Waals surface area contributed by atoms with Crippen molar-refractivity contribution in [3.8, 4) is 11.5 Å². The highest BCUT2D eigenvalue weighted by molar-refractivity contribution is 5.68. The number of carboxylic acids is 1. The van der Waals surface area contributed by atoms with Crippen molar-refractivity contribution in [2.45, 2.75) is 25.2 Å². The van der Waals surface area contributed by atoms with E-state index in [2.05, 4.69) is 0 Å². The lowest BCUT2D eigenvalue weighted by Crippen LogP contribution is -2.13. The van der Waals surface area contributed by atoms with Crippen molar-refractivity contribution in [2.75, 3.05) is 7.11 Å². The van der Waals surface area contributed by atoms with Crippen LogP contribution in [0.25, 0.3) is 0 Å². The molecule has 1 aliphatic carbocycles. The van der Waals surface area contributed by atoms with Crippen LogP contribution in [0.5, 0.6) is 11.5 Å². The van der Waals surface area contributed by atoms with Crippen LogP contribution in [-0.2, 0) is 4.79 Å². The van der Waals surface area contributed by atoms with Gasteiger partial charge in [-0.05, 0) is 18.8 Å². The Hall–Kier alpha value is -1.85. The molecule has 2 N–H and O–H groups in total. The highest BCUT2D eigenvalue weighted by Crippen LogP contribution is 2.48. The smallest absolute Gasteiger partial charge is 0.303 e. The highest BCUT2D eigenvalue weighted by atomic mass is 19.1. The van der Waals surface area contributed by atoms with Crippen molar-refractivity contribution >= 4 is 5.97 Å². The molecule has 0 aliphatic heterocycles. The third-order valence-electron chi connectivity index (χ3n) is 3.36. The number of phenols is 1. The second-order valence-corrected chi connectivity index (χ2v) is 4.68. The number of methoxy groups -OCH3 is 1. The molecule has 104 valence electrons. The van der Waals surface area contributed by atoms with Crippen molar-refractivity contribution in [2.24, 2.45) is 5.92 Å². The Morgan fingerprint density at radius 3 is 2.58 bits per heavy atom. The van der Waals surface area contributed by atoms with Gasteiger partial charge in [0.1, 0.15) is 0 Å². The van der Waals surface area contributed by atoms with Crippen LogP contribution < -0.4 is 4.74 Å². The summed E-state index contributed by atoms with van der Waals surface area (Å²) in [5, 5.41) is 18.3. The molecule has 1 aliphatic rings. The molecule has 0 heterocycles. The molecule has 0 bridgehead atoms. The molecule has 2 rings (SSSR count). The molecule has 0 spiro atoms. The van der Waals surface area contributed by atoms with E-state index in [9.17, 15) is 18.7 Å². The van der Waals surface area contributed by atoms with Gasteiger partial charge in [0.25, 0.3) is 0 Å². The summed E-state index contributed by atoms with van der Waals surface area (Å²) >= 11 is 0. The lowest BCUT2D eigenvalue weighted by Gasteiger charge is -2.18. The Morgan fingerprint density at radius 1 is 1.47 bits per heavy atom. The molecule has 0 saturated heterocycles. The largest absolute Gasteiger partial charge is 0.505 e. The summed E-state index contributed by atoms with van der Waals surface area (Å²) in [6, 6.07) is 0.846. The molecule has 4 nitrogen and oxygen atoms in total. The van der Waals surface area contributed by atoms with Crippen LogP contribution in [-0.4, -0.2) is 23.3 Å². The number of phenolic OH excluding ortho intramolecular Hbond substituents is 1. The number of aromatic hydroxyl groups is 1. The van der Waals surface area contributed by atoms with E-state index in [1.54, 1.807) is 0 Å². The van der Waals surface area contributed by atoms with Crippen molar-refractivity contribution in [1.29, 1.82) is 0 Å². The van der Waals surface area contributed by atoms with Crippen molar-refractivity contribution in [3.05, 3.63) is 23.3 Å². The number of carboxylic acid groups (broad SMARTS) is 1. The Balaban J connectivity index is 2.51. The SMILES string of the molecule is COc1cc(O)c(F)c(C(CC(=O)O)C2CC2)c1F. The molecule has 19 heavy (non-hydrogen) atoms. The lowest BCUT2D eigenvalue weighted by molar-refractivity contribution is -0.137. The molecule has 1 unspecified atom stereocenters. The summed E-state index contributed by atoms with van der Waals surface area (Å²) in [5.41, 5.74) is -0.387. The highest BCUT2D eigenvalue weighted by Gasteiger charge is 2.38. The average molecular weight is 272 g/mol. The molecule has 1 aromatic rings. The van der Waals surface area contributed by atoms with Crippen LogP contribution in [0.3, 0.4) is 0 Å². The van der Waals surface area contributed by atoms with Gasteiger partial charge in [0.15, 0.2) is 23.1 Å². The van der Waals surface area contributed by atoms with Gasteiger partial charge in [-0.25, -0.2) is 8.78 Å². The van der Waals surface area contributed by atoms with E-state index in [0.717, 1.165) is 18.9 Å². The quantitative estimate of drug-likeness (QED) is 0.864. The van der Waals surface area contributed by atoms with Gasteiger partial charge in [0.2, 0.25) is 0 Å². The van der Waals surface area contributed by atoms with Crippen LogP contribution in [0.15, 0.2) is 6.07 Å². The standard InChI is InChI=1S/C13H14F2O4/c1-19-9-5-8(16)12(14)11(13(9)15)7(4-10(17)18)6-2-3-6/h5-7,16H,2-4H2,1H3,(H,17,18). The third-order valence-corrected chi connectivity index (χ3v) is 3.36. The molecule has 1 aromatic carbocycles. The predicted molar refractivity (Wildman–Crippen MR) is 62.3 cm³/mol. The van der Waals surface area contributed by atoms with Crippen molar-refractivity contribution < 1.29 is 28.5 Å². The zero-order chi connectivity index (χ0) is 14.2. The minimum absolute atomic E-state index is 0.0633. The van der Waals surface area contributed by atoms with Gasteiger partial charge in [-0.15, -0.1) is 0 Å². The molecule has 6 heteroatoms. The van der Waals surface area contributed by atoms with Gasteiger partial charge in [0, 0.05) is 17.5 Å². The van der Waals surface area contributed by atoms with Gasteiger partial charge in [-0.1, -0.05) is 0 Å². The number of carbonyl (C=O) groups is 1. The molecular formula is C13H14F2O4. The lowest BCUT2D eigenvalue weighted by atomic mass is 9.89. The van der Waals surface area contributed by atoms with Crippen LogP contribution in [0, 0.1) is 17.6 Å². The maximum absolute atomic E-state index is 14.1. The van der Waals surface area contributed by atoms with E-state index in [1.165, 1.54) is 7.11 Å². The zero-order valence-electron chi connectivity index (χ0n) is 10.3. The fraction of sp³-hybridized carbons (Fsp3) is 0.462. The summed E-state index contributed by atoms with van der Waals surface area (Å²) in [6.45, 7) is 0. The second-order valence-electron chi connectivity index (χ2n) is 4.68. The second kappa shape index (κ2) is 5.03. The van der Waals surface area contributed by atoms with E-state index >= 15 is 0 Å². The summed E-state index contributed by atoms with van der Waals surface area (Å²) in [7, 11) is 1.20. The first-order valence-electron chi connectivity index (χ1n) is 5.92. The van der Waals surface area contributed by atoms with Gasteiger partial charge in [0.05, 0.1) is 13.5 Å². The van der Waals surface area contributed by atoms with E-state index in [-0.39, 0.29) is 23.7 Å². The number of hydrogen-bond donors (Lipinski definition) is 2. The van der Waals surface area contributed by atoms with Gasteiger partial charge < -0.3 is 14.9 Å². The maximum Gasteiger partial charge on any atom is 0.303 e. The summed E-state index contributed by atoms with van der Waals surface area (Å²) < 4.78 is 32.8. The van der Waals surface area contributed by atoms with E-state index in [1.807, 2.05) is 0 Å². The van der Waals surface area contributed by atoms with E-state index < -0.39 is 29.3 Å². The van der Waals surface area contributed by atoms with Crippen LogP contribution in [0.4, 0.5) is 8.78 Å². The minimum atomic E-state index is -1.13. The van der Waals surface area contributed by atoms with Crippen LogP contribution >= 0.6 is 0 Å². The zero-order valence-corrected chi connectivity index (χ0v) is 10.3. The summed E-state index contributed by atoms with van der Waals surface area (Å²) in [4.78, 5) is 10.8. The molecule has 1 atom stereocenters.